The number of hydrazine groups is 1. The number of carbonyl (C=O) groups is 4. The molecule has 1 aromatic carbocycles. The minimum Gasteiger partial charge on any atom is -0.339 e. The number of carbonyl (C=O) groups excluding carboxylic acids is 4. The highest BCUT2D eigenvalue weighted by atomic mass is 19.1. The van der Waals surface area contributed by atoms with E-state index in [9.17, 15) is 28.0 Å². The van der Waals surface area contributed by atoms with Gasteiger partial charge in [0.2, 0.25) is 5.91 Å². The Morgan fingerprint density at radius 2 is 1.75 bits per heavy atom. The van der Waals surface area contributed by atoms with Crippen molar-refractivity contribution < 1.29 is 28.0 Å². The first-order valence-corrected chi connectivity index (χ1v) is 10.9. The van der Waals surface area contributed by atoms with E-state index in [1.54, 1.807) is 0 Å². The molecule has 10 heteroatoms. The average Bonchev–Trinajstić information content (AvgIpc) is 2.99. The van der Waals surface area contributed by atoms with Crippen LogP contribution in [0.5, 0.6) is 0 Å². The van der Waals surface area contributed by atoms with Crippen LogP contribution in [0.15, 0.2) is 18.2 Å². The number of rotatable bonds is 3. The predicted molar refractivity (Wildman–Crippen MR) is 109 cm³/mol. The Morgan fingerprint density at radius 3 is 2.38 bits per heavy atom. The number of likely N-dealkylation sites (tertiary alicyclic amines) is 1. The van der Waals surface area contributed by atoms with E-state index in [4.69, 9.17) is 0 Å². The van der Waals surface area contributed by atoms with Gasteiger partial charge in [0, 0.05) is 25.1 Å². The topological polar surface area (TPSA) is 98.8 Å². The molecule has 0 radical (unpaired) electrons. The average molecular weight is 448 g/mol. The van der Waals surface area contributed by atoms with E-state index >= 15 is 0 Å². The van der Waals surface area contributed by atoms with Gasteiger partial charge >= 0.3 is 6.03 Å². The van der Waals surface area contributed by atoms with E-state index in [0.717, 1.165) is 30.0 Å². The van der Waals surface area contributed by atoms with Crippen molar-refractivity contribution in [3.8, 4) is 0 Å². The second kappa shape index (κ2) is 8.48. The Kier molecular flexibility index (Phi) is 5.87. The molecule has 1 saturated carbocycles. The summed E-state index contributed by atoms with van der Waals surface area (Å²) in [5, 5.41) is 3.54. The summed E-state index contributed by atoms with van der Waals surface area (Å²) in [7, 11) is 0. The lowest BCUT2D eigenvalue weighted by Crippen LogP contribution is -2.53. The molecule has 3 fully saturated rings. The number of hydrogen-bond acceptors (Lipinski definition) is 4. The zero-order valence-electron chi connectivity index (χ0n) is 17.8. The predicted octanol–water partition coefficient (Wildman–Crippen LogP) is 2.35. The number of imide groups is 1. The fraction of sp³-hybridized carbons (Fsp3) is 0.545. The normalized spacial score (nSPS) is 26.4. The van der Waals surface area contributed by atoms with Gasteiger partial charge in [-0.1, -0.05) is 6.92 Å². The van der Waals surface area contributed by atoms with Crippen LogP contribution in [0.3, 0.4) is 0 Å². The van der Waals surface area contributed by atoms with E-state index in [1.807, 2.05) is 0 Å². The second-order valence-electron chi connectivity index (χ2n) is 9.00. The number of benzene rings is 1. The lowest BCUT2D eigenvalue weighted by molar-refractivity contribution is -0.142. The third-order valence-corrected chi connectivity index (χ3v) is 6.83. The molecule has 32 heavy (non-hydrogen) atoms. The van der Waals surface area contributed by atoms with E-state index in [0.29, 0.717) is 37.7 Å². The minimum atomic E-state index is -0.939. The van der Waals surface area contributed by atoms with Crippen LogP contribution in [0, 0.1) is 23.5 Å². The molecule has 1 spiro atoms. The van der Waals surface area contributed by atoms with Crippen molar-refractivity contribution in [1.29, 1.82) is 0 Å². The minimum absolute atomic E-state index is 0.204. The van der Waals surface area contributed by atoms with Gasteiger partial charge in [-0.3, -0.25) is 19.8 Å². The van der Waals surface area contributed by atoms with Crippen molar-refractivity contribution in [3.05, 3.63) is 35.4 Å². The van der Waals surface area contributed by atoms with E-state index in [2.05, 4.69) is 17.7 Å². The number of halogens is 2. The Hall–Kier alpha value is -3.04. The molecule has 1 aromatic rings. The van der Waals surface area contributed by atoms with Crippen LogP contribution < -0.4 is 10.7 Å². The maximum atomic E-state index is 13.9. The van der Waals surface area contributed by atoms with Crippen LogP contribution in [0.2, 0.25) is 0 Å². The molecule has 0 aromatic heterocycles. The summed E-state index contributed by atoms with van der Waals surface area (Å²) in [6.45, 7) is 2.51. The molecule has 172 valence electrons. The van der Waals surface area contributed by atoms with E-state index < -0.39 is 46.8 Å². The smallest absolute Gasteiger partial charge is 0.339 e. The van der Waals surface area contributed by atoms with Crippen molar-refractivity contribution in [3.63, 3.8) is 0 Å². The molecule has 5 amide bonds. The molecule has 2 saturated heterocycles. The highest BCUT2D eigenvalue weighted by Crippen LogP contribution is 2.36. The van der Waals surface area contributed by atoms with Crippen molar-refractivity contribution in [2.24, 2.45) is 11.8 Å². The summed E-state index contributed by atoms with van der Waals surface area (Å²) < 4.78 is 27.0. The molecular weight excluding hydrogens is 422 g/mol. The zero-order chi connectivity index (χ0) is 23.0. The largest absolute Gasteiger partial charge is 0.344 e. The lowest BCUT2D eigenvalue weighted by Gasteiger charge is -2.34. The van der Waals surface area contributed by atoms with Crippen LogP contribution in [-0.4, -0.2) is 52.3 Å². The summed E-state index contributed by atoms with van der Waals surface area (Å²) in [6, 6.07) is 2.16. The Labute approximate surface area is 184 Å². The van der Waals surface area contributed by atoms with Gasteiger partial charge in [0.1, 0.15) is 17.2 Å². The third-order valence-electron chi connectivity index (χ3n) is 6.83. The quantitative estimate of drug-likeness (QED) is 0.694. The maximum Gasteiger partial charge on any atom is 0.344 e. The number of hydrogen-bond donors (Lipinski definition) is 2. The van der Waals surface area contributed by atoms with E-state index in [-0.39, 0.29) is 18.7 Å². The summed E-state index contributed by atoms with van der Waals surface area (Å²) in [6.07, 6.45) is 3.35. The molecule has 8 nitrogen and oxygen atoms in total. The van der Waals surface area contributed by atoms with Crippen molar-refractivity contribution in [2.75, 3.05) is 13.1 Å². The van der Waals surface area contributed by atoms with Gasteiger partial charge in [-0.25, -0.2) is 13.6 Å². The van der Waals surface area contributed by atoms with Gasteiger partial charge in [0.15, 0.2) is 0 Å². The fourth-order valence-electron chi connectivity index (χ4n) is 4.70. The number of piperidine rings is 1. The summed E-state index contributed by atoms with van der Waals surface area (Å²) in [5.74, 6) is -3.16. The molecule has 4 rings (SSSR count). The lowest BCUT2D eigenvalue weighted by atomic mass is 9.77. The van der Waals surface area contributed by atoms with Gasteiger partial charge in [-0.2, -0.15) is 5.01 Å². The summed E-state index contributed by atoms with van der Waals surface area (Å²) >= 11 is 0. The SMILES string of the molecule is CC1CCC2(CC1)NC(=O)N(NC(=O)C1CCN(C(=O)c3ccc(F)cc3F)CC1)C2=O. The van der Waals surface area contributed by atoms with Crippen LogP contribution >= 0.6 is 0 Å². The fourth-order valence-corrected chi connectivity index (χ4v) is 4.70. The molecule has 3 aliphatic rings. The molecule has 2 N–H and O–H groups in total. The van der Waals surface area contributed by atoms with Crippen molar-refractivity contribution in [1.82, 2.24) is 20.7 Å². The first-order valence-electron chi connectivity index (χ1n) is 10.9. The number of urea groups is 1. The maximum absolute atomic E-state index is 13.9. The van der Waals surface area contributed by atoms with Gasteiger partial charge in [-0.05, 0) is 56.6 Å². The molecule has 2 heterocycles. The standard InChI is InChI=1S/C22H26F2N4O4/c1-13-4-8-22(9-5-13)20(31)28(21(32)25-22)26-18(29)14-6-10-27(11-7-14)19(30)16-3-2-15(23)12-17(16)24/h2-3,12-14H,4-11H2,1H3,(H,25,32)(H,26,29). The Morgan fingerprint density at radius 1 is 1.09 bits per heavy atom. The first kappa shape index (κ1) is 22.2. The zero-order valence-corrected chi connectivity index (χ0v) is 17.8. The van der Waals surface area contributed by atoms with Gasteiger partial charge in [0.05, 0.1) is 5.56 Å². The highest BCUT2D eigenvalue weighted by Gasteiger charge is 2.53. The number of nitrogens with zero attached hydrogens (tertiary/aromatic N) is 2. The van der Waals surface area contributed by atoms with Crippen LogP contribution in [0.25, 0.3) is 0 Å². The molecule has 0 unspecified atom stereocenters. The van der Waals surface area contributed by atoms with Crippen molar-refractivity contribution in [2.45, 2.75) is 51.0 Å². The van der Waals surface area contributed by atoms with Crippen LogP contribution in [0.4, 0.5) is 13.6 Å². The molecule has 0 atom stereocenters. The number of amides is 5. The van der Waals surface area contributed by atoms with Crippen LogP contribution in [0.1, 0.15) is 55.8 Å². The Balaban J connectivity index is 1.33. The second-order valence-corrected chi connectivity index (χ2v) is 9.00. The van der Waals surface area contributed by atoms with E-state index in [1.165, 1.54) is 4.90 Å². The Bertz CT molecular complexity index is 953. The third kappa shape index (κ3) is 4.05. The summed E-state index contributed by atoms with van der Waals surface area (Å²) in [4.78, 5) is 51.9. The molecule has 2 aliphatic heterocycles. The molecule has 1 aliphatic carbocycles. The highest BCUT2D eigenvalue weighted by molar-refractivity contribution is 6.08. The first-order chi connectivity index (χ1) is 15.2. The van der Waals surface area contributed by atoms with Gasteiger partial charge < -0.3 is 10.2 Å². The summed E-state index contributed by atoms with van der Waals surface area (Å²) in [5.41, 5.74) is 1.29. The van der Waals surface area contributed by atoms with Crippen LogP contribution in [-0.2, 0) is 9.59 Å². The molecule has 0 bridgehead atoms. The van der Waals surface area contributed by atoms with Crippen molar-refractivity contribution >= 4 is 23.8 Å². The number of nitrogens with one attached hydrogen (secondary N) is 2. The van der Waals surface area contributed by atoms with Gasteiger partial charge in [0.25, 0.3) is 11.8 Å². The molecular formula is C22H26F2N4O4. The van der Waals surface area contributed by atoms with Gasteiger partial charge in [-0.15, -0.1) is 0 Å². The monoisotopic (exact) mass is 448 g/mol.